The number of thioether (sulfide) groups is 1. The molecule has 0 spiro atoms. The minimum atomic E-state index is 0.775. The molecule has 1 aliphatic heterocycles. The van der Waals surface area contributed by atoms with Gasteiger partial charge in [0.25, 0.3) is 0 Å². The van der Waals surface area contributed by atoms with E-state index in [1.54, 1.807) is 7.11 Å². The van der Waals surface area contributed by atoms with Crippen molar-refractivity contribution in [3.05, 3.63) is 0 Å². The zero-order valence-corrected chi connectivity index (χ0v) is 10.2. The van der Waals surface area contributed by atoms with Crippen molar-refractivity contribution < 1.29 is 4.74 Å². The van der Waals surface area contributed by atoms with E-state index < -0.39 is 0 Å². The van der Waals surface area contributed by atoms with Crippen molar-refractivity contribution >= 4 is 11.8 Å². The Kier molecular flexibility index (Phi) is 6.65. The first kappa shape index (κ1) is 12.3. The van der Waals surface area contributed by atoms with Crippen molar-refractivity contribution in [1.82, 2.24) is 5.32 Å². The van der Waals surface area contributed by atoms with Crippen molar-refractivity contribution in [1.29, 1.82) is 0 Å². The molecule has 3 heteroatoms. The first-order chi connectivity index (χ1) is 6.83. The normalized spacial score (nSPS) is 27.0. The molecule has 0 saturated carbocycles. The summed E-state index contributed by atoms with van der Waals surface area (Å²) < 4.78 is 5.01. The molecule has 2 nitrogen and oxygen atoms in total. The molecule has 0 aromatic heterocycles. The molecule has 1 heterocycles. The van der Waals surface area contributed by atoms with Gasteiger partial charge in [0.1, 0.15) is 0 Å². The zero-order valence-electron chi connectivity index (χ0n) is 9.42. The molecular formula is C11H23NOS. The molecule has 1 fully saturated rings. The maximum absolute atomic E-state index is 5.01. The van der Waals surface area contributed by atoms with E-state index in [1.165, 1.54) is 38.0 Å². The van der Waals surface area contributed by atoms with Crippen LogP contribution in [0.2, 0.25) is 0 Å². The van der Waals surface area contributed by atoms with Crippen LogP contribution in [0.1, 0.15) is 32.6 Å². The quantitative estimate of drug-likeness (QED) is 0.661. The fourth-order valence-electron chi connectivity index (χ4n) is 1.81. The molecule has 0 bridgehead atoms. The van der Waals surface area contributed by atoms with Gasteiger partial charge in [-0.05, 0) is 32.2 Å². The smallest absolute Gasteiger partial charge is 0.0462 e. The highest BCUT2D eigenvalue weighted by molar-refractivity contribution is 8.00. The molecule has 0 radical (unpaired) electrons. The maximum Gasteiger partial charge on any atom is 0.0462 e. The summed E-state index contributed by atoms with van der Waals surface area (Å²) in [6, 6.07) is 0.775. The molecule has 1 saturated heterocycles. The van der Waals surface area contributed by atoms with Crippen LogP contribution in [0, 0.1) is 0 Å². The summed E-state index contributed by atoms with van der Waals surface area (Å²) in [6.07, 6.45) is 5.13. The second-order valence-corrected chi connectivity index (χ2v) is 5.56. The standard InChI is InChI=1S/C11H23NOS/c1-10-8-11(9-14-10)12-6-4-3-5-7-13-2/h10-12H,3-9H2,1-2H3. The van der Waals surface area contributed by atoms with Crippen LogP contribution in [0.4, 0.5) is 0 Å². The van der Waals surface area contributed by atoms with Gasteiger partial charge in [0.15, 0.2) is 0 Å². The van der Waals surface area contributed by atoms with E-state index in [0.29, 0.717) is 0 Å². The molecule has 14 heavy (non-hydrogen) atoms. The number of nitrogens with one attached hydrogen (secondary N) is 1. The lowest BCUT2D eigenvalue weighted by Gasteiger charge is -2.10. The van der Waals surface area contributed by atoms with Gasteiger partial charge < -0.3 is 10.1 Å². The largest absolute Gasteiger partial charge is 0.385 e. The second kappa shape index (κ2) is 7.55. The van der Waals surface area contributed by atoms with E-state index in [-0.39, 0.29) is 0 Å². The summed E-state index contributed by atoms with van der Waals surface area (Å²) in [5, 5.41) is 4.49. The Labute approximate surface area is 92.2 Å². The number of rotatable bonds is 7. The second-order valence-electron chi connectivity index (χ2n) is 4.08. The molecule has 1 N–H and O–H groups in total. The van der Waals surface area contributed by atoms with Crippen molar-refractivity contribution in [3.63, 3.8) is 0 Å². The van der Waals surface area contributed by atoms with Gasteiger partial charge in [-0.15, -0.1) is 0 Å². The average Bonchev–Trinajstić information content (AvgIpc) is 2.58. The van der Waals surface area contributed by atoms with Crippen LogP contribution in [0.15, 0.2) is 0 Å². The van der Waals surface area contributed by atoms with Crippen molar-refractivity contribution in [3.8, 4) is 0 Å². The maximum atomic E-state index is 5.01. The molecule has 0 aromatic carbocycles. The summed E-state index contributed by atoms with van der Waals surface area (Å²) >= 11 is 2.09. The van der Waals surface area contributed by atoms with Gasteiger partial charge in [0.2, 0.25) is 0 Å². The zero-order chi connectivity index (χ0) is 10.2. The first-order valence-corrected chi connectivity index (χ1v) is 6.71. The lowest BCUT2D eigenvalue weighted by Crippen LogP contribution is -2.29. The Bertz CT molecular complexity index is 143. The monoisotopic (exact) mass is 217 g/mol. The molecule has 0 aromatic rings. The number of hydrogen-bond donors (Lipinski definition) is 1. The van der Waals surface area contributed by atoms with Crippen LogP contribution in [0.3, 0.4) is 0 Å². The summed E-state index contributed by atoms with van der Waals surface area (Å²) in [5.74, 6) is 1.30. The highest BCUT2D eigenvalue weighted by Gasteiger charge is 2.20. The first-order valence-electron chi connectivity index (χ1n) is 5.67. The molecule has 2 atom stereocenters. The molecule has 2 unspecified atom stereocenters. The summed E-state index contributed by atoms with van der Waals surface area (Å²) in [4.78, 5) is 0. The molecular weight excluding hydrogens is 194 g/mol. The highest BCUT2D eigenvalue weighted by atomic mass is 32.2. The van der Waals surface area contributed by atoms with E-state index in [0.717, 1.165) is 17.9 Å². The summed E-state index contributed by atoms with van der Waals surface area (Å²) in [5.41, 5.74) is 0. The third-order valence-electron chi connectivity index (χ3n) is 2.66. The van der Waals surface area contributed by atoms with E-state index in [1.807, 2.05) is 0 Å². The van der Waals surface area contributed by atoms with E-state index in [4.69, 9.17) is 4.74 Å². The van der Waals surface area contributed by atoms with Crippen LogP contribution in [-0.4, -0.2) is 37.3 Å². The number of unbranched alkanes of at least 4 members (excludes halogenated alkanes) is 2. The molecule has 0 amide bonds. The van der Waals surface area contributed by atoms with Gasteiger partial charge in [-0.2, -0.15) is 11.8 Å². The van der Waals surface area contributed by atoms with Gasteiger partial charge in [-0.3, -0.25) is 0 Å². The van der Waals surface area contributed by atoms with Crippen LogP contribution >= 0.6 is 11.8 Å². The fraction of sp³-hybridized carbons (Fsp3) is 1.00. The van der Waals surface area contributed by atoms with Gasteiger partial charge in [0, 0.05) is 30.8 Å². The lowest BCUT2D eigenvalue weighted by molar-refractivity contribution is 0.192. The SMILES string of the molecule is COCCCCCNC1CSC(C)C1. The Morgan fingerprint density at radius 2 is 2.21 bits per heavy atom. The van der Waals surface area contributed by atoms with Crippen LogP contribution in [0.5, 0.6) is 0 Å². The number of methoxy groups -OCH3 is 1. The number of hydrogen-bond acceptors (Lipinski definition) is 3. The minimum absolute atomic E-state index is 0.775. The lowest BCUT2D eigenvalue weighted by atomic mass is 10.2. The van der Waals surface area contributed by atoms with Gasteiger partial charge >= 0.3 is 0 Å². The van der Waals surface area contributed by atoms with Crippen LogP contribution in [0.25, 0.3) is 0 Å². The summed E-state index contributed by atoms with van der Waals surface area (Å²) in [7, 11) is 1.77. The minimum Gasteiger partial charge on any atom is -0.385 e. The molecule has 84 valence electrons. The summed E-state index contributed by atoms with van der Waals surface area (Å²) in [6.45, 7) is 4.42. The third kappa shape index (κ3) is 5.23. The molecule has 1 aliphatic rings. The van der Waals surface area contributed by atoms with Crippen LogP contribution in [-0.2, 0) is 4.74 Å². The van der Waals surface area contributed by atoms with Gasteiger partial charge in [-0.25, -0.2) is 0 Å². The number of ether oxygens (including phenoxy) is 1. The Morgan fingerprint density at radius 1 is 1.36 bits per heavy atom. The van der Waals surface area contributed by atoms with Crippen molar-refractivity contribution in [2.75, 3.05) is 26.0 Å². The Morgan fingerprint density at radius 3 is 2.86 bits per heavy atom. The van der Waals surface area contributed by atoms with E-state index in [2.05, 4.69) is 24.0 Å². The Hall–Kier alpha value is 0.270. The Balaban J connectivity index is 1.84. The molecule has 0 aliphatic carbocycles. The highest BCUT2D eigenvalue weighted by Crippen LogP contribution is 2.25. The van der Waals surface area contributed by atoms with Gasteiger partial charge in [-0.1, -0.05) is 6.92 Å². The topological polar surface area (TPSA) is 21.3 Å². The van der Waals surface area contributed by atoms with Crippen molar-refractivity contribution in [2.24, 2.45) is 0 Å². The predicted octanol–water partition coefficient (Wildman–Crippen LogP) is 2.29. The van der Waals surface area contributed by atoms with Crippen molar-refractivity contribution in [2.45, 2.75) is 43.9 Å². The third-order valence-corrected chi connectivity index (χ3v) is 4.01. The average molecular weight is 217 g/mol. The molecule has 1 rings (SSSR count). The van der Waals surface area contributed by atoms with E-state index in [9.17, 15) is 0 Å². The van der Waals surface area contributed by atoms with Crippen LogP contribution < -0.4 is 5.32 Å². The fourth-order valence-corrected chi connectivity index (χ4v) is 3.00. The van der Waals surface area contributed by atoms with E-state index >= 15 is 0 Å². The van der Waals surface area contributed by atoms with Gasteiger partial charge in [0.05, 0.1) is 0 Å². The predicted molar refractivity (Wildman–Crippen MR) is 64.1 cm³/mol.